The Morgan fingerprint density at radius 1 is 1.17 bits per heavy atom. The fourth-order valence-electron chi connectivity index (χ4n) is 5.33. The summed E-state index contributed by atoms with van der Waals surface area (Å²) in [5, 5.41) is 1.66. The molecule has 3 fully saturated rings. The number of imide groups is 1. The molecule has 0 radical (unpaired) electrons. The molecule has 5 atom stereocenters. The Bertz CT molecular complexity index is 924. The monoisotopic (exact) mass is 450 g/mol. The van der Waals surface area contributed by atoms with E-state index < -0.39 is 12.0 Å². The first kappa shape index (κ1) is 21.2. The lowest BCUT2D eigenvalue weighted by molar-refractivity contribution is -0.151. The molecule has 2 aliphatic carbocycles. The second-order valence-electron chi connectivity index (χ2n) is 8.37. The number of rotatable bonds is 5. The maximum Gasteiger partial charge on any atom is 0.279 e. The van der Waals surface area contributed by atoms with Gasteiger partial charge >= 0.3 is 0 Å². The number of fused-ring (bicyclic) bond motifs is 5. The number of halogens is 2. The molecule has 0 aromatic heterocycles. The predicted molar refractivity (Wildman–Crippen MR) is 113 cm³/mol. The number of carbonyl (C=O) groups is 3. The van der Waals surface area contributed by atoms with Crippen molar-refractivity contribution in [2.75, 3.05) is 0 Å². The number of benzene rings is 1. The van der Waals surface area contributed by atoms with Gasteiger partial charge in [0, 0.05) is 11.1 Å². The van der Waals surface area contributed by atoms with E-state index in [2.05, 4.69) is 5.43 Å². The van der Waals surface area contributed by atoms with E-state index in [1.54, 1.807) is 19.1 Å². The highest BCUT2D eigenvalue weighted by Crippen LogP contribution is 2.59. The molecule has 1 saturated heterocycles. The Kier molecular flexibility index (Phi) is 5.58. The lowest BCUT2D eigenvalue weighted by Crippen LogP contribution is -2.51. The van der Waals surface area contributed by atoms with E-state index >= 15 is 0 Å². The van der Waals surface area contributed by atoms with Crippen molar-refractivity contribution < 1.29 is 19.1 Å². The first-order valence-corrected chi connectivity index (χ1v) is 11.0. The van der Waals surface area contributed by atoms with Crippen molar-refractivity contribution in [3.05, 3.63) is 39.4 Å². The Morgan fingerprint density at radius 3 is 2.30 bits per heavy atom. The standard InChI is InChI=1S/C22H24Cl2N2O4/c1-4-15(30-16-9-11(23)5-8-14(16)24)20(27)25-26-21(28)18-12-6-7-13(17(12)10(2)3)19(18)22(26)29/h5,8-9,12-13,15,18-19H,4,6-7H2,1-3H3,(H,25,27)/t12-,13-,15+,18+,19+/m1/s1. The zero-order valence-electron chi connectivity index (χ0n) is 17.1. The SMILES string of the molecule is CC[C@H](Oc1cc(Cl)ccc1Cl)C(=O)NN1C(=O)[C@@H]2[C@@H](C1=O)[C@@H]1CC[C@@H]2C1=C(C)C. The molecule has 1 aromatic rings. The summed E-state index contributed by atoms with van der Waals surface area (Å²) in [5.74, 6) is -1.47. The fourth-order valence-corrected chi connectivity index (χ4v) is 5.65. The molecule has 3 aliphatic rings. The lowest BCUT2D eigenvalue weighted by Gasteiger charge is -2.23. The van der Waals surface area contributed by atoms with Crippen LogP contribution in [0.5, 0.6) is 5.75 Å². The maximum absolute atomic E-state index is 13.0. The van der Waals surface area contributed by atoms with E-state index in [0.717, 1.165) is 17.9 Å². The highest BCUT2D eigenvalue weighted by molar-refractivity contribution is 6.34. The summed E-state index contributed by atoms with van der Waals surface area (Å²) < 4.78 is 5.73. The fraction of sp³-hybridized carbons (Fsp3) is 0.500. The van der Waals surface area contributed by atoms with Crippen LogP contribution in [0, 0.1) is 23.7 Å². The molecule has 1 aromatic carbocycles. The minimum absolute atomic E-state index is 0.104. The molecule has 30 heavy (non-hydrogen) atoms. The molecule has 0 unspecified atom stereocenters. The van der Waals surface area contributed by atoms with E-state index in [1.807, 2.05) is 13.8 Å². The minimum Gasteiger partial charge on any atom is -0.479 e. The Labute approximate surface area is 185 Å². The van der Waals surface area contributed by atoms with Gasteiger partial charge in [0.1, 0.15) is 5.75 Å². The molecule has 2 saturated carbocycles. The zero-order chi connectivity index (χ0) is 21.7. The molecule has 8 heteroatoms. The van der Waals surface area contributed by atoms with Crippen molar-refractivity contribution in [1.29, 1.82) is 0 Å². The molecule has 1 aliphatic heterocycles. The van der Waals surface area contributed by atoms with Crippen LogP contribution in [-0.2, 0) is 14.4 Å². The van der Waals surface area contributed by atoms with Crippen LogP contribution >= 0.6 is 23.2 Å². The zero-order valence-corrected chi connectivity index (χ0v) is 18.6. The van der Waals surface area contributed by atoms with Crippen LogP contribution in [0.3, 0.4) is 0 Å². The molecule has 1 N–H and O–H groups in total. The van der Waals surface area contributed by atoms with Crippen molar-refractivity contribution in [2.24, 2.45) is 23.7 Å². The maximum atomic E-state index is 13.0. The summed E-state index contributed by atoms with van der Waals surface area (Å²) in [6.45, 7) is 5.85. The van der Waals surface area contributed by atoms with Crippen molar-refractivity contribution in [3.63, 3.8) is 0 Å². The molecular weight excluding hydrogens is 427 g/mol. The molecule has 2 bridgehead atoms. The summed E-state index contributed by atoms with van der Waals surface area (Å²) in [7, 11) is 0. The number of ether oxygens (including phenoxy) is 1. The molecule has 0 spiro atoms. The van der Waals surface area contributed by atoms with Crippen molar-refractivity contribution in [2.45, 2.75) is 46.1 Å². The van der Waals surface area contributed by atoms with Crippen LogP contribution in [0.15, 0.2) is 29.3 Å². The van der Waals surface area contributed by atoms with Gasteiger partial charge in [0.05, 0.1) is 16.9 Å². The molecule has 6 nitrogen and oxygen atoms in total. The van der Waals surface area contributed by atoms with Gasteiger partial charge in [-0.15, -0.1) is 0 Å². The molecule has 4 rings (SSSR count). The smallest absolute Gasteiger partial charge is 0.279 e. The van der Waals surface area contributed by atoms with Crippen LogP contribution < -0.4 is 10.2 Å². The highest BCUT2D eigenvalue weighted by Gasteiger charge is 2.63. The average Bonchev–Trinajstić information content (AvgIpc) is 3.34. The van der Waals surface area contributed by atoms with E-state index in [-0.39, 0.29) is 41.2 Å². The molecule has 160 valence electrons. The van der Waals surface area contributed by atoms with Gasteiger partial charge in [-0.1, -0.05) is 41.3 Å². The lowest BCUT2D eigenvalue weighted by atomic mass is 9.81. The van der Waals surface area contributed by atoms with Crippen molar-refractivity contribution >= 4 is 40.9 Å². The molecule has 3 amide bonds. The first-order valence-electron chi connectivity index (χ1n) is 10.2. The Balaban J connectivity index is 1.50. The number of hydrogen-bond acceptors (Lipinski definition) is 4. The van der Waals surface area contributed by atoms with E-state index in [9.17, 15) is 14.4 Å². The van der Waals surface area contributed by atoms with Gasteiger partial charge in [-0.3, -0.25) is 19.8 Å². The van der Waals surface area contributed by atoms with Crippen LogP contribution in [0.25, 0.3) is 0 Å². The van der Waals surface area contributed by atoms with Gasteiger partial charge in [-0.25, -0.2) is 0 Å². The van der Waals surface area contributed by atoms with E-state index in [4.69, 9.17) is 27.9 Å². The summed E-state index contributed by atoms with van der Waals surface area (Å²) >= 11 is 12.1. The Hall–Kier alpha value is -2.05. The van der Waals surface area contributed by atoms with Crippen molar-refractivity contribution in [1.82, 2.24) is 10.4 Å². The van der Waals surface area contributed by atoms with Gasteiger partial charge < -0.3 is 4.74 Å². The van der Waals surface area contributed by atoms with Crippen LogP contribution in [-0.4, -0.2) is 28.8 Å². The van der Waals surface area contributed by atoms with Crippen LogP contribution in [0.2, 0.25) is 10.0 Å². The minimum atomic E-state index is -0.924. The topological polar surface area (TPSA) is 75.7 Å². The summed E-state index contributed by atoms with van der Waals surface area (Å²) in [4.78, 5) is 38.9. The van der Waals surface area contributed by atoms with Gasteiger partial charge in [-0.2, -0.15) is 5.01 Å². The number of hydrogen-bond donors (Lipinski definition) is 1. The molecular formula is C22H24Cl2N2O4. The van der Waals surface area contributed by atoms with E-state index in [0.29, 0.717) is 16.5 Å². The van der Waals surface area contributed by atoms with Crippen molar-refractivity contribution in [3.8, 4) is 5.75 Å². The third-order valence-corrected chi connectivity index (χ3v) is 7.02. The number of carbonyl (C=O) groups excluding carboxylic acids is 3. The quantitative estimate of drug-likeness (QED) is 0.539. The number of hydrazine groups is 1. The summed E-state index contributed by atoms with van der Waals surface area (Å²) in [6.07, 6.45) is 1.24. The van der Waals surface area contributed by atoms with Gasteiger partial charge in [0.25, 0.3) is 17.7 Å². The third-order valence-electron chi connectivity index (χ3n) is 6.48. The Morgan fingerprint density at radius 2 is 1.77 bits per heavy atom. The molecule has 1 heterocycles. The summed E-state index contributed by atoms with van der Waals surface area (Å²) in [6, 6.07) is 4.72. The largest absolute Gasteiger partial charge is 0.479 e. The highest BCUT2D eigenvalue weighted by atomic mass is 35.5. The van der Waals surface area contributed by atoms with E-state index in [1.165, 1.54) is 17.2 Å². The predicted octanol–water partition coefficient (Wildman–Crippen LogP) is 4.16. The average molecular weight is 451 g/mol. The number of amides is 3. The second kappa shape index (κ2) is 7.89. The number of nitrogens with one attached hydrogen (secondary N) is 1. The number of allylic oxidation sites excluding steroid dienone is 2. The summed E-state index contributed by atoms with van der Waals surface area (Å²) in [5.41, 5.74) is 4.97. The van der Waals surface area contributed by atoms with Crippen LogP contribution in [0.1, 0.15) is 40.0 Å². The first-order chi connectivity index (χ1) is 14.2. The number of nitrogens with zero attached hydrogens (tertiary/aromatic N) is 1. The normalized spacial score (nSPS) is 28.0. The third kappa shape index (κ3) is 3.30. The van der Waals surface area contributed by atoms with Gasteiger partial charge in [0.2, 0.25) is 0 Å². The van der Waals surface area contributed by atoms with Crippen LogP contribution in [0.4, 0.5) is 0 Å². The van der Waals surface area contributed by atoms with Gasteiger partial charge in [0.15, 0.2) is 6.10 Å². The van der Waals surface area contributed by atoms with Gasteiger partial charge in [-0.05, 0) is 57.1 Å². The second-order valence-corrected chi connectivity index (χ2v) is 9.22.